The molecule has 0 spiro atoms. The van der Waals surface area contributed by atoms with E-state index in [0.717, 1.165) is 16.2 Å². The van der Waals surface area contributed by atoms with Crippen molar-refractivity contribution in [1.29, 1.82) is 0 Å². The van der Waals surface area contributed by atoms with E-state index in [4.69, 9.17) is 9.47 Å². The van der Waals surface area contributed by atoms with Gasteiger partial charge in [-0.05, 0) is 38.5 Å². The first-order chi connectivity index (χ1) is 14.5. The highest BCUT2D eigenvalue weighted by molar-refractivity contribution is 7.99. The fraction of sp³-hybridized carbons (Fsp3) is 0.300. The van der Waals surface area contributed by atoms with Crippen LogP contribution in [0.2, 0.25) is 0 Å². The van der Waals surface area contributed by atoms with E-state index in [1.54, 1.807) is 6.92 Å². The zero-order valence-corrected chi connectivity index (χ0v) is 18.5. The number of thioether (sulfide) groups is 1. The van der Waals surface area contributed by atoms with Gasteiger partial charge in [0.1, 0.15) is 17.4 Å². The van der Waals surface area contributed by atoms with Crippen LogP contribution in [0, 0.1) is 13.8 Å². The van der Waals surface area contributed by atoms with Crippen molar-refractivity contribution in [3.05, 3.63) is 52.2 Å². The quantitative estimate of drug-likeness (QED) is 0.378. The largest absolute Gasteiger partial charge is 0.486 e. The number of amides is 1. The molecule has 1 aromatic carbocycles. The summed E-state index contributed by atoms with van der Waals surface area (Å²) in [7, 11) is 0. The second kappa shape index (κ2) is 10.3. The predicted molar refractivity (Wildman–Crippen MR) is 116 cm³/mol. The minimum Gasteiger partial charge on any atom is -0.486 e. The zero-order valence-electron chi connectivity index (χ0n) is 16.9. The first-order valence-electron chi connectivity index (χ1n) is 9.26. The van der Waals surface area contributed by atoms with Crippen LogP contribution in [0.3, 0.4) is 0 Å². The van der Waals surface area contributed by atoms with Gasteiger partial charge < -0.3 is 14.8 Å². The van der Waals surface area contributed by atoms with Crippen molar-refractivity contribution in [3.8, 4) is 5.75 Å². The first kappa shape index (κ1) is 21.8. The molecule has 10 heteroatoms. The highest BCUT2D eigenvalue weighted by Gasteiger charge is 2.22. The molecule has 0 aliphatic rings. The van der Waals surface area contributed by atoms with Crippen molar-refractivity contribution < 1.29 is 19.1 Å². The van der Waals surface area contributed by atoms with Gasteiger partial charge in [0, 0.05) is 4.88 Å². The van der Waals surface area contributed by atoms with Crippen molar-refractivity contribution in [2.75, 3.05) is 17.7 Å². The molecule has 0 radical (unpaired) electrons. The first-order valence-corrected chi connectivity index (χ1v) is 11.1. The van der Waals surface area contributed by atoms with Crippen molar-refractivity contribution in [2.45, 2.75) is 32.5 Å². The number of anilines is 1. The fourth-order valence-electron chi connectivity index (χ4n) is 2.53. The van der Waals surface area contributed by atoms with E-state index in [1.165, 1.54) is 23.1 Å². The summed E-state index contributed by atoms with van der Waals surface area (Å²) in [6, 6.07) is 9.40. The third-order valence-corrected chi connectivity index (χ3v) is 6.05. The van der Waals surface area contributed by atoms with Gasteiger partial charge in [-0.25, -0.2) is 9.78 Å². The molecule has 2 heterocycles. The van der Waals surface area contributed by atoms with Crippen LogP contribution in [-0.2, 0) is 16.1 Å². The number of hydrogen-bond donors (Lipinski definition) is 2. The van der Waals surface area contributed by atoms with Crippen LogP contribution in [0.15, 0.2) is 35.5 Å². The fourth-order valence-corrected chi connectivity index (χ4v) is 4.21. The number of para-hydroxylation sites is 1. The Balaban J connectivity index is 1.54. The second-order valence-electron chi connectivity index (χ2n) is 6.21. The maximum Gasteiger partial charge on any atom is 0.341 e. The van der Waals surface area contributed by atoms with E-state index in [1.807, 2.05) is 44.2 Å². The standard InChI is InChI=1S/C20H22N4O4S2/c1-4-27-19(26)17-12(2)13(3)30-18(17)22-16(25)11-29-20-21-15(23-24-20)10-28-14-8-6-5-7-9-14/h5-9H,4,10-11H2,1-3H3,(H,22,25)(H,21,23,24). The SMILES string of the molecule is CCOC(=O)c1c(NC(=O)CSc2n[nH]c(COc3ccccc3)n2)sc(C)c1C. The highest BCUT2D eigenvalue weighted by Crippen LogP contribution is 2.33. The molecule has 0 saturated heterocycles. The van der Waals surface area contributed by atoms with Crippen LogP contribution in [0.1, 0.15) is 33.5 Å². The zero-order chi connectivity index (χ0) is 21.5. The Labute approximate surface area is 182 Å². The normalized spacial score (nSPS) is 10.6. The van der Waals surface area contributed by atoms with Crippen molar-refractivity contribution in [1.82, 2.24) is 15.2 Å². The van der Waals surface area contributed by atoms with E-state index in [0.29, 0.717) is 21.5 Å². The van der Waals surface area contributed by atoms with Crippen LogP contribution < -0.4 is 10.1 Å². The van der Waals surface area contributed by atoms with Gasteiger partial charge in [-0.1, -0.05) is 30.0 Å². The second-order valence-corrected chi connectivity index (χ2v) is 8.38. The molecule has 3 rings (SSSR count). The molecule has 0 aliphatic heterocycles. The summed E-state index contributed by atoms with van der Waals surface area (Å²) >= 11 is 2.55. The van der Waals surface area contributed by atoms with Gasteiger partial charge in [0.15, 0.2) is 5.82 Å². The van der Waals surface area contributed by atoms with E-state index in [-0.39, 0.29) is 24.9 Å². The lowest BCUT2D eigenvalue weighted by Gasteiger charge is -2.06. The number of nitrogens with zero attached hydrogens (tertiary/aromatic N) is 2. The van der Waals surface area contributed by atoms with E-state index in [2.05, 4.69) is 20.5 Å². The topological polar surface area (TPSA) is 106 Å². The average molecular weight is 447 g/mol. The monoisotopic (exact) mass is 446 g/mol. The molecule has 8 nitrogen and oxygen atoms in total. The number of nitrogens with one attached hydrogen (secondary N) is 2. The van der Waals surface area contributed by atoms with Gasteiger partial charge in [-0.3, -0.25) is 9.89 Å². The van der Waals surface area contributed by atoms with E-state index >= 15 is 0 Å². The molecule has 3 aromatic rings. The number of carbonyl (C=O) groups excluding carboxylic acids is 2. The molecule has 0 fully saturated rings. The van der Waals surface area contributed by atoms with Crippen molar-refractivity contribution in [2.24, 2.45) is 0 Å². The molecular weight excluding hydrogens is 424 g/mol. The summed E-state index contributed by atoms with van der Waals surface area (Å²) in [6.07, 6.45) is 0. The molecule has 30 heavy (non-hydrogen) atoms. The highest BCUT2D eigenvalue weighted by atomic mass is 32.2. The Kier molecular flexibility index (Phi) is 7.47. The number of ether oxygens (including phenoxy) is 2. The smallest absolute Gasteiger partial charge is 0.341 e. The predicted octanol–water partition coefficient (Wildman–Crippen LogP) is 3.97. The Morgan fingerprint density at radius 1 is 1.23 bits per heavy atom. The Morgan fingerprint density at radius 2 is 2.00 bits per heavy atom. The number of aromatic nitrogens is 3. The molecule has 2 N–H and O–H groups in total. The van der Waals surface area contributed by atoms with Crippen molar-refractivity contribution >= 4 is 40.0 Å². The van der Waals surface area contributed by atoms with Crippen LogP contribution in [0.4, 0.5) is 5.00 Å². The summed E-state index contributed by atoms with van der Waals surface area (Å²) in [5, 5.41) is 10.6. The van der Waals surface area contributed by atoms with E-state index in [9.17, 15) is 9.59 Å². The van der Waals surface area contributed by atoms with Crippen LogP contribution in [-0.4, -0.2) is 39.4 Å². The molecule has 0 aliphatic carbocycles. The van der Waals surface area contributed by atoms with Gasteiger partial charge in [0.05, 0.1) is 17.9 Å². The molecule has 0 atom stereocenters. The number of rotatable bonds is 9. The number of esters is 1. The molecule has 0 saturated carbocycles. The maximum atomic E-state index is 12.4. The molecule has 0 unspecified atom stereocenters. The summed E-state index contributed by atoms with van der Waals surface area (Å²) < 4.78 is 10.7. The minimum absolute atomic E-state index is 0.106. The molecule has 2 aromatic heterocycles. The van der Waals surface area contributed by atoms with Gasteiger partial charge in [-0.15, -0.1) is 16.4 Å². The summed E-state index contributed by atoms with van der Waals surface area (Å²) in [4.78, 5) is 29.9. The number of hydrogen-bond acceptors (Lipinski definition) is 8. The number of aromatic amines is 1. The number of carbonyl (C=O) groups is 2. The van der Waals surface area contributed by atoms with Crippen LogP contribution in [0.5, 0.6) is 5.75 Å². The Morgan fingerprint density at radius 3 is 2.73 bits per heavy atom. The third-order valence-electron chi connectivity index (χ3n) is 4.08. The van der Waals surface area contributed by atoms with Crippen molar-refractivity contribution in [3.63, 3.8) is 0 Å². The van der Waals surface area contributed by atoms with Gasteiger partial charge in [-0.2, -0.15) is 0 Å². The number of benzene rings is 1. The number of aryl methyl sites for hydroxylation is 1. The van der Waals surface area contributed by atoms with E-state index < -0.39 is 5.97 Å². The van der Waals surface area contributed by atoms with Gasteiger partial charge in [0.2, 0.25) is 11.1 Å². The lowest BCUT2D eigenvalue weighted by molar-refractivity contribution is -0.113. The Hall–Kier alpha value is -2.85. The summed E-state index contributed by atoms with van der Waals surface area (Å²) in [5.74, 6) is 0.727. The van der Waals surface area contributed by atoms with Crippen LogP contribution >= 0.6 is 23.1 Å². The van der Waals surface area contributed by atoms with Gasteiger partial charge in [0.25, 0.3) is 0 Å². The lowest BCUT2D eigenvalue weighted by Crippen LogP contribution is -2.16. The molecule has 1 amide bonds. The molecular formula is C20H22N4O4S2. The Bertz CT molecular complexity index is 1020. The summed E-state index contributed by atoms with van der Waals surface area (Å²) in [6.45, 7) is 6.02. The number of H-pyrrole nitrogens is 1. The third kappa shape index (κ3) is 5.61. The maximum absolute atomic E-state index is 12.4. The number of thiophene rings is 1. The lowest BCUT2D eigenvalue weighted by atomic mass is 10.1. The molecule has 0 bridgehead atoms. The minimum atomic E-state index is -0.431. The van der Waals surface area contributed by atoms with Gasteiger partial charge >= 0.3 is 5.97 Å². The summed E-state index contributed by atoms with van der Waals surface area (Å²) in [5.41, 5.74) is 1.23. The average Bonchev–Trinajstić information content (AvgIpc) is 3.30. The van der Waals surface area contributed by atoms with Crippen LogP contribution in [0.25, 0.3) is 0 Å². The molecule has 158 valence electrons.